The number of aromatic nitrogens is 4. The van der Waals surface area contributed by atoms with Crippen LogP contribution in [0.15, 0.2) is 0 Å². The quantitative estimate of drug-likeness (QED) is 0.722. The van der Waals surface area contributed by atoms with Crippen molar-refractivity contribution in [1.82, 2.24) is 25.9 Å². The Balaban J connectivity index is 1.59. The summed E-state index contributed by atoms with van der Waals surface area (Å²) >= 11 is 0. The second kappa shape index (κ2) is 5.24. The van der Waals surface area contributed by atoms with Crippen molar-refractivity contribution in [2.24, 2.45) is 17.8 Å². The number of aromatic amines is 1. The number of fused-ring (bicyclic) bond motifs is 1. The molecule has 3 N–H and O–H groups in total. The zero-order valence-corrected chi connectivity index (χ0v) is 10.7. The largest absolute Gasteiger partial charge is 0.480 e. The van der Waals surface area contributed by atoms with E-state index in [4.69, 9.17) is 5.11 Å². The molecule has 104 valence electrons. The number of nitrogens with zero attached hydrogens (tertiary/aromatic N) is 3. The number of carboxylic acids is 1. The fourth-order valence-corrected chi connectivity index (χ4v) is 3.56. The minimum absolute atomic E-state index is 0.370. The highest BCUT2D eigenvalue weighted by Gasteiger charge is 2.37. The van der Waals surface area contributed by atoms with E-state index in [9.17, 15) is 4.79 Å². The number of aliphatic carboxylic acids is 1. The van der Waals surface area contributed by atoms with Gasteiger partial charge in [-0.1, -0.05) is 5.21 Å². The maximum Gasteiger partial charge on any atom is 0.320 e. The predicted molar refractivity (Wildman–Crippen MR) is 66.2 cm³/mol. The van der Waals surface area contributed by atoms with Crippen LogP contribution in [-0.2, 0) is 11.2 Å². The Kier molecular flexibility index (Phi) is 3.46. The maximum absolute atomic E-state index is 11.1. The smallest absolute Gasteiger partial charge is 0.320 e. The van der Waals surface area contributed by atoms with Gasteiger partial charge in [-0.3, -0.25) is 4.79 Å². The zero-order chi connectivity index (χ0) is 13.2. The molecule has 1 saturated heterocycles. The topological polar surface area (TPSA) is 104 Å². The van der Waals surface area contributed by atoms with Gasteiger partial charge in [-0.05, 0) is 50.0 Å². The van der Waals surface area contributed by atoms with Crippen LogP contribution in [0.5, 0.6) is 0 Å². The lowest BCUT2D eigenvalue weighted by Crippen LogP contribution is -2.49. The molecule has 3 unspecified atom stereocenters. The van der Waals surface area contributed by atoms with Crippen molar-refractivity contribution < 1.29 is 9.90 Å². The molecule has 0 spiro atoms. The standard InChI is InChI=1S/C12H19N5O2/c18-12(19)10-5-9-3-7(1-2-8(9)6-13-10)4-11-14-16-17-15-11/h7-10,13H,1-6H2,(H,18,19)(H,14,15,16,17)/t7-,8?,9?,10?/m0/s1. The average Bonchev–Trinajstić information content (AvgIpc) is 2.90. The first-order chi connectivity index (χ1) is 9.22. The number of carbonyl (C=O) groups is 1. The third-order valence-electron chi connectivity index (χ3n) is 4.57. The van der Waals surface area contributed by atoms with Crippen LogP contribution in [-0.4, -0.2) is 44.3 Å². The van der Waals surface area contributed by atoms with Gasteiger partial charge < -0.3 is 10.4 Å². The summed E-state index contributed by atoms with van der Waals surface area (Å²) in [5.41, 5.74) is 0. The fraction of sp³-hybridized carbons (Fsp3) is 0.833. The number of carboxylic acid groups (broad SMARTS) is 1. The molecular weight excluding hydrogens is 246 g/mol. The molecule has 7 nitrogen and oxygen atoms in total. The van der Waals surface area contributed by atoms with Crippen molar-refractivity contribution in [3.63, 3.8) is 0 Å². The number of nitrogens with one attached hydrogen (secondary N) is 2. The summed E-state index contributed by atoms with van der Waals surface area (Å²) in [7, 11) is 0. The first kappa shape index (κ1) is 12.5. The van der Waals surface area contributed by atoms with Crippen LogP contribution >= 0.6 is 0 Å². The van der Waals surface area contributed by atoms with Crippen LogP contribution < -0.4 is 5.32 Å². The summed E-state index contributed by atoms with van der Waals surface area (Å²) in [5.74, 6) is 1.77. The molecule has 1 aliphatic carbocycles. The summed E-state index contributed by atoms with van der Waals surface area (Å²) < 4.78 is 0. The Bertz CT molecular complexity index is 435. The number of piperidine rings is 1. The van der Waals surface area contributed by atoms with Crippen molar-refractivity contribution in [3.8, 4) is 0 Å². The van der Waals surface area contributed by atoms with Gasteiger partial charge in [-0.25, -0.2) is 0 Å². The van der Waals surface area contributed by atoms with Crippen LogP contribution in [0.2, 0.25) is 0 Å². The minimum atomic E-state index is -0.723. The maximum atomic E-state index is 11.1. The van der Waals surface area contributed by atoms with E-state index in [1.807, 2.05) is 0 Å². The van der Waals surface area contributed by atoms with E-state index in [1.165, 1.54) is 12.8 Å². The van der Waals surface area contributed by atoms with Gasteiger partial charge >= 0.3 is 5.97 Å². The third-order valence-corrected chi connectivity index (χ3v) is 4.57. The number of hydrogen-bond donors (Lipinski definition) is 3. The summed E-state index contributed by atoms with van der Waals surface area (Å²) in [6, 6.07) is -0.370. The van der Waals surface area contributed by atoms with E-state index in [0.717, 1.165) is 31.6 Å². The molecule has 2 heterocycles. The number of tetrazole rings is 1. The highest BCUT2D eigenvalue weighted by Crippen LogP contribution is 2.39. The van der Waals surface area contributed by atoms with E-state index in [1.54, 1.807) is 0 Å². The lowest BCUT2D eigenvalue weighted by molar-refractivity contribution is -0.141. The molecule has 0 radical (unpaired) electrons. The monoisotopic (exact) mass is 265 g/mol. The van der Waals surface area contributed by atoms with Crippen molar-refractivity contribution >= 4 is 5.97 Å². The molecule has 0 amide bonds. The van der Waals surface area contributed by atoms with E-state index in [2.05, 4.69) is 25.9 Å². The normalized spacial score (nSPS) is 34.7. The lowest BCUT2D eigenvalue weighted by atomic mass is 9.69. The van der Waals surface area contributed by atoms with Gasteiger partial charge in [0.1, 0.15) is 6.04 Å². The first-order valence-corrected chi connectivity index (χ1v) is 6.91. The van der Waals surface area contributed by atoms with Crippen molar-refractivity contribution in [2.75, 3.05) is 6.54 Å². The Labute approximate surface area is 111 Å². The third kappa shape index (κ3) is 2.75. The van der Waals surface area contributed by atoms with Gasteiger partial charge in [0.05, 0.1) is 0 Å². The number of H-pyrrole nitrogens is 1. The van der Waals surface area contributed by atoms with Crippen molar-refractivity contribution in [1.29, 1.82) is 0 Å². The average molecular weight is 265 g/mol. The van der Waals surface area contributed by atoms with E-state index in [-0.39, 0.29) is 6.04 Å². The molecule has 1 aromatic rings. The SMILES string of the molecule is O=C(O)C1CC2C[C@@H](Cc3nn[nH]n3)CCC2CN1. The molecule has 0 bridgehead atoms. The predicted octanol–water partition coefficient (Wildman–Crippen LogP) is 0.221. The van der Waals surface area contributed by atoms with E-state index in [0.29, 0.717) is 17.8 Å². The Morgan fingerprint density at radius 1 is 1.32 bits per heavy atom. The van der Waals surface area contributed by atoms with Crippen LogP contribution in [0.3, 0.4) is 0 Å². The van der Waals surface area contributed by atoms with Crippen molar-refractivity contribution in [2.45, 2.75) is 38.1 Å². The van der Waals surface area contributed by atoms with Gasteiger partial charge in [0, 0.05) is 6.42 Å². The molecule has 2 aliphatic rings. The Morgan fingerprint density at radius 2 is 2.21 bits per heavy atom. The van der Waals surface area contributed by atoms with Crippen molar-refractivity contribution in [3.05, 3.63) is 5.82 Å². The Hall–Kier alpha value is -1.50. The second-order valence-electron chi connectivity index (χ2n) is 5.77. The van der Waals surface area contributed by atoms with E-state index < -0.39 is 5.97 Å². The zero-order valence-electron chi connectivity index (χ0n) is 10.7. The van der Waals surface area contributed by atoms with Gasteiger partial charge in [0.2, 0.25) is 0 Å². The summed E-state index contributed by atoms with van der Waals surface area (Å²) in [6.07, 6.45) is 5.04. The summed E-state index contributed by atoms with van der Waals surface area (Å²) in [4.78, 5) is 11.1. The molecule has 3 rings (SSSR count). The highest BCUT2D eigenvalue weighted by molar-refractivity contribution is 5.73. The molecule has 0 aromatic carbocycles. The number of hydrogen-bond acceptors (Lipinski definition) is 5. The van der Waals surface area contributed by atoms with Gasteiger partial charge in [-0.15, -0.1) is 10.2 Å². The molecule has 2 fully saturated rings. The summed E-state index contributed by atoms with van der Waals surface area (Å²) in [6.45, 7) is 0.844. The van der Waals surface area contributed by atoms with E-state index >= 15 is 0 Å². The molecule has 1 aromatic heterocycles. The Morgan fingerprint density at radius 3 is 2.95 bits per heavy atom. The molecule has 4 atom stereocenters. The highest BCUT2D eigenvalue weighted by atomic mass is 16.4. The lowest BCUT2D eigenvalue weighted by Gasteiger charge is -2.41. The second-order valence-corrected chi connectivity index (χ2v) is 5.77. The molecule has 1 saturated carbocycles. The van der Waals surface area contributed by atoms with Crippen LogP contribution in [0.4, 0.5) is 0 Å². The molecule has 19 heavy (non-hydrogen) atoms. The van der Waals surface area contributed by atoms with Gasteiger partial charge in [-0.2, -0.15) is 5.21 Å². The number of rotatable bonds is 3. The summed E-state index contributed by atoms with van der Waals surface area (Å²) in [5, 5.41) is 26.3. The minimum Gasteiger partial charge on any atom is -0.480 e. The molecule has 1 aliphatic heterocycles. The van der Waals surface area contributed by atoms with Crippen LogP contribution in [0, 0.1) is 17.8 Å². The van der Waals surface area contributed by atoms with Gasteiger partial charge in [0.25, 0.3) is 0 Å². The van der Waals surface area contributed by atoms with Crippen LogP contribution in [0.25, 0.3) is 0 Å². The molecular formula is C12H19N5O2. The first-order valence-electron chi connectivity index (χ1n) is 6.91. The van der Waals surface area contributed by atoms with Crippen LogP contribution in [0.1, 0.15) is 31.5 Å². The fourth-order valence-electron chi connectivity index (χ4n) is 3.56. The molecule has 7 heteroatoms. The van der Waals surface area contributed by atoms with Gasteiger partial charge in [0.15, 0.2) is 5.82 Å².